The van der Waals surface area contributed by atoms with Crippen molar-refractivity contribution in [2.45, 2.75) is 38.8 Å². The highest BCUT2D eigenvalue weighted by molar-refractivity contribution is 7.19. The molecule has 1 saturated heterocycles. The molecule has 1 fully saturated rings. The summed E-state index contributed by atoms with van der Waals surface area (Å²) in [6.45, 7) is 6.99. The molecular formula is C17H24N2S. The van der Waals surface area contributed by atoms with Gasteiger partial charge in [-0.2, -0.15) is 0 Å². The van der Waals surface area contributed by atoms with Crippen LogP contribution in [0.1, 0.15) is 36.2 Å². The van der Waals surface area contributed by atoms with Crippen molar-refractivity contribution in [2.24, 2.45) is 0 Å². The Balaban J connectivity index is 1.78. The number of thiophene rings is 1. The van der Waals surface area contributed by atoms with Crippen LogP contribution in [0, 0.1) is 6.92 Å². The van der Waals surface area contributed by atoms with Crippen molar-refractivity contribution in [3.05, 3.63) is 34.7 Å². The quantitative estimate of drug-likeness (QED) is 0.920. The topological polar surface area (TPSA) is 15.3 Å². The number of benzene rings is 1. The number of fused-ring (bicyclic) bond motifs is 1. The fourth-order valence-corrected chi connectivity index (χ4v) is 4.56. The molecule has 0 radical (unpaired) electrons. The number of rotatable bonds is 3. The van der Waals surface area contributed by atoms with Crippen LogP contribution in [-0.2, 0) is 0 Å². The normalized spacial score (nSPS) is 22.2. The van der Waals surface area contributed by atoms with Gasteiger partial charge in [0.1, 0.15) is 0 Å². The molecule has 0 spiro atoms. The maximum absolute atomic E-state index is 3.84. The van der Waals surface area contributed by atoms with Crippen molar-refractivity contribution in [1.82, 2.24) is 10.2 Å². The molecule has 2 aromatic rings. The van der Waals surface area contributed by atoms with Gasteiger partial charge in [-0.05, 0) is 57.3 Å². The van der Waals surface area contributed by atoms with Crippen LogP contribution >= 0.6 is 11.3 Å². The van der Waals surface area contributed by atoms with E-state index in [1.54, 1.807) is 0 Å². The smallest absolute Gasteiger partial charge is 0.0391 e. The van der Waals surface area contributed by atoms with Crippen molar-refractivity contribution in [3.8, 4) is 0 Å². The molecule has 108 valence electrons. The Morgan fingerprint density at radius 2 is 2.15 bits per heavy atom. The third-order valence-electron chi connectivity index (χ3n) is 4.38. The largest absolute Gasteiger partial charge is 0.305 e. The van der Waals surface area contributed by atoms with Crippen LogP contribution in [0.25, 0.3) is 10.1 Å². The monoisotopic (exact) mass is 288 g/mol. The number of hydrogen-bond acceptors (Lipinski definition) is 3. The lowest BCUT2D eigenvalue weighted by Crippen LogP contribution is -2.44. The maximum atomic E-state index is 3.84. The van der Waals surface area contributed by atoms with Gasteiger partial charge in [0.25, 0.3) is 0 Å². The second-order valence-electron chi connectivity index (χ2n) is 6.08. The number of likely N-dealkylation sites (tertiary alicyclic amines) is 1. The van der Waals surface area contributed by atoms with Crippen molar-refractivity contribution >= 4 is 21.4 Å². The fourth-order valence-electron chi connectivity index (χ4n) is 3.34. The van der Waals surface area contributed by atoms with Crippen molar-refractivity contribution in [3.63, 3.8) is 0 Å². The van der Waals surface area contributed by atoms with Crippen LogP contribution in [0.3, 0.4) is 0 Å². The van der Waals surface area contributed by atoms with E-state index in [-0.39, 0.29) is 0 Å². The lowest BCUT2D eigenvalue weighted by Gasteiger charge is -2.32. The molecule has 0 saturated carbocycles. The van der Waals surface area contributed by atoms with Gasteiger partial charge in [0, 0.05) is 28.2 Å². The molecule has 0 bridgehead atoms. The van der Waals surface area contributed by atoms with Crippen LogP contribution in [0.5, 0.6) is 0 Å². The van der Waals surface area contributed by atoms with E-state index in [2.05, 4.69) is 55.4 Å². The Morgan fingerprint density at radius 3 is 2.90 bits per heavy atom. The summed E-state index contributed by atoms with van der Waals surface area (Å²) in [6, 6.07) is 9.83. The van der Waals surface area contributed by atoms with E-state index in [0.29, 0.717) is 12.1 Å². The number of piperidine rings is 1. The molecule has 2 atom stereocenters. The predicted octanol–water partition coefficient (Wildman–Crippen LogP) is 3.95. The van der Waals surface area contributed by atoms with Crippen LogP contribution in [0.2, 0.25) is 0 Å². The molecule has 2 unspecified atom stereocenters. The van der Waals surface area contributed by atoms with E-state index in [1.165, 1.54) is 46.5 Å². The lowest BCUT2D eigenvalue weighted by atomic mass is 10.0. The average molecular weight is 288 g/mol. The summed E-state index contributed by atoms with van der Waals surface area (Å²) < 4.78 is 1.41. The summed E-state index contributed by atoms with van der Waals surface area (Å²) in [4.78, 5) is 3.94. The first kappa shape index (κ1) is 14.1. The second-order valence-corrected chi connectivity index (χ2v) is 7.16. The Bertz CT molecular complexity index is 590. The minimum atomic E-state index is 0.448. The first-order valence-corrected chi connectivity index (χ1v) is 8.39. The molecule has 0 aliphatic carbocycles. The minimum absolute atomic E-state index is 0.448. The van der Waals surface area contributed by atoms with E-state index in [4.69, 9.17) is 0 Å². The SMILES string of the molecule is Cc1c(C(C)NC2CCCN(C)C2)sc2ccccc12. The standard InChI is InChI=1S/C17H24N2S/c1-12-15-8-4-5-9-16(15)20-17(12)13(2)18-14-7-6-10-19(3)11-14/h4-5,8-9,13-14,18H,6-7,10-11H2,1-3H3. The Hall–Kier alpha value is -0.900. The zero-order valence-electron chi connectivity index (χ0n) is 12.6. The van der Waals surface area contributed by atoms with Gasteiger partial charge in [0.15, 0.2) is 0 Å². The lowest BCUT2D eigenvalue weighted by molar-refractivity contribution is 0.219. The van der Waals surface area contributed by atoms with Gasteiger partial charge in [-0.15, -0.1) is 11.3 Å². The molecule has 1 N–H and O–H groups in total. The summed E-state index contributed by atoms with van der Waals surface area (Å²) in [5.41, 5.74) is 1.45. The van der Waals surface area contributed by atoms with Crippen LogP contribution in [0.15, 0.2) is 24.3 Å². The highest BCUT2D eigenvalue weighted by Gasteiger charge is 2.21. The van der Waals surface area contributed by atoms with Gasteiger partial charge < -0.3 is 10.2 Å². The molecule has 2 nitrogen and oxygen atoms in total. The molecule has 1 aromatic carbocycles. The first-order valence-electron chi connectivity index (χ1n) is 7.58. The van der Waals surface area contributed by atoms with Crippen molar-refractivity contribution < 1.29 is 0 Å². The highest BCUT2D eigenvalue weighted by atomic mass is 32.1. The zero-order chi connectivity index (χ0) is 14.1. The maximum Gasteiger partial charge on any atom is 0.0391 e. The molecule has 1 aliphatic heterocycles. The molecule has 0 amide bonds. The van der Waals surface area contributed by atoms with Gasteiger partial charge in [-0.3, -0.25) is 0 Å². The van der Waals surface area contributed by atoms with E-state index in [1.807, 2.05) is 11.3 Å². The molecule has 1 aliphatic rings. The van der Waals surface area contributed by atoms with Crippen molar-refractivity contribution in [1.29, 1.82) is 0 Å². The van der Waals surface area contributed by atoms with E-state index in [0.717, 1.165) is 0 Å². The summed E-state index contributed by atoms with van der Waals surface area (Å²) in [6.07, 6.45) is 2.62. The molecule has 3 rings (SSSR count). The zero-order valence-corrected chi connectivity index (χ0v) is 13.5. The third kappa shape index (κ3) is 2.76. The van der Waals surface area contributed by atoms with Crippen LogP contribution in [-0.4, -0.2) is 31.1 Å². The number of likely N-dealkylation sites (N-methyl/N-ethyl adjacent to an activating group) is 1. The predicted molar refractivity (Wildman–Crippen MR) is 88.6 cm³/mol. The van der Waals surface area contributed by atoms with Gasteiger partial charge in [-0.1, -0.05) is 18.2 Å². The Kier molecular flexibility index (Phi) is 4.11. The van der Waals surface area contributed by atoms with E-state index >= 15 is 0 Å². The second kappa shape index (κ2) is 5.84. The van der Waals surface area contributed by atoms with Gasteiger partial charge >= 0.3 is 0 Å². The van der Waals surface area contributed by atoms with Gasteiger partial charge in [-0.25, -0.2) is 0 Å². The average Bonchev–Trinajstić information content (AvgIpc) is 2.77. The Labute approximate surface area is 125 Å². The van der Waals surface area contributed by atoms with Crippen molar-refractivity contribution in [2.75, 3.05) is 20.1 Å². The van der Waals surface area contributed by atoms with Gasteiger partial charge in [0.2, 0.25) is 0 Å². The molecule has 1 aromatic heterocycles. The molecule has 20 heavy (non-hydrogen) atoms. The van der Waals surface area contributed by atoms with E-state index in [9.17, 15) is 0 Å². The number of aryl methyl sites for hydroxylation is 1. The first-order chi connectivity index (χ1) is 9.65. The van der Waals surface area contributed by atoms with Crippen LogP contribution < -0.4 is 5.32 Å². The van der Waals surface area contributed by atoms with Gasteiger partial charge in [0.05, 0.1) is 0 Å². The third-order valence-corrected chi connectivity index (χ3v) is 5.84. The molecule has 2 heterocycles. The number of nitrogens with one attached hydrogen (secondary N) is 1. The van der Waals surface area contributed by atoms with E-state index < -0.39 is 0 Å². The minimum Gasteiger partial charge on any atom is -0.305 e. The number of nitrogens with zero attached hydrogens (tertiary/aromatic N) is 1. The molecular weight excluding hydrogens is 264 g/mol. The highest BCUT2D eigenvalue weighted by Crippen LogP contribution is 2.34. The number of hydrogen-bond donors (Lipinski definition) is 1. The summed E-state index contributed by atoms with van der Waals surface area (Å²) >= 11 is 1.95. The van der Waals surface area contributed by atoms with Crippen LogP contribution in [0.4, 0.5) is 0 Å². The summed E-state index contributed by atoms with van der Waals surface area (Å²) in [5, 5.41) is 5.25. The summed E-state index contributed by atoms with van der Waals surface area (Å²) in [7, 11) is 2.23. The molecule has 3 heteroatoms. The Morgan fingerprint density at radius 1 is 1.35 bits per heavy atom. The fraction of sp³-hybridized carbons (Fsp3) is 0.529. The summed E-state index contributed by atoms with van der Waals surface area (Å²) in [5.74, 6) is 0.